The fourth-order valence-corrected chi connectivity index (χ4v) is 5.17. The summed E-state index contributed by atoms with van der Waals surface area (Å²) in [6, 6.07) is 21.6. The van der Waals surface area contributed by atoms with Crippen molar-refractivity contribution in [1.82, 2.24) is 10.2 Å². The number of carbonyl (C=O) groups is 1. The van der Waals surface area contributed by atoms with Gasteiger partial charge in [-0.3, -0.25) is 4.79 Å². The standard InChI is InChI=1S/C22H17N3O3S2/c26-20(14-30-22-24-23-21(28-22)18-10-6-12-27-18)25-16-9-4-5-11-19(16)29-13-17(25)15-7-2-1-3-8-15/h1-12,17H,13-14H2/t17-/m1/s1. The predicted octanol–water partition coefficient (Wildman–Crippen LogP) is 5.30. The van der Waals surface area contributed by atoms with E-state index < -0.39 is 0 Å². The van der Waals surface area contributed by atoms with Crippen molar-refractivity contribution in [2.75, 3.05) is 16.4 Å². The zero-order valence-corrected chi connectivity index (χ0v) is 17.4. The maximum Gasteiger partial charge on any atom is 0.284 e. The van der Waals surface area contributed by atoms with Crippen LogP contribution in [0.1, 0.15) is 11.6 Å². The first-order chi connectivity index (χ1) is 14.8. The second-order valence-electron chi connectivity index (χ2n) is 6.61. The summed E-state index contributed by atoms with van der Waals surface area (Å²) in [7, 11) is 0. The van der Waals surface area contributed by atoms with E-state index in [0.29, 0.717) is 16.9 Å². The molecular weight excluding hydrogens is 418 g/mol. The van der Waals surface area contributed by atoms with Crippen molar-refractivity contribution in [1.29, 1.82) is 0 Å². The lowest BCUT2D eigenvalue weighted by Crippen LogP contribution is -2.39. The number of furan rings is 1. The molecule has 1 amide bonds. The molecule has 0 saturated carbocycles. The molecule has 5 rings (SSSR count). The molecule has 6 nitrogen and oxygen atoms in total. The van der Waals surface area contributed by atoms with Crippen molar-refractivity contribution < 1.29 is 13.6 Å². The van der Waals surface area contributed by atoms with Crippen LogP contribution in [0.5, 0.6) is 0 Å². The minimum atomic E-state index is -0.0273. The Morgan fingerprint density at radius 1 is 1.07 bits per heavy atom. The summed E-state index contributed by atoms with van der Waals surface area (Å²) < 4.78 is 10.9. The number of fused-ring (bicyclic) bond motifs is 1. The van der Waals surface area contributed by atoms with E-state index in [1.165, 1.54) is 11.8 Å². The lowest BCUT2D eigenvalue weighted by Gasteiger charge is -2.37. The van der Waals surface area contributed by atoms with E-state index in [0.717, 1.165) is 21.9 Å². The molecule has 8 heteroatoms. The smallest absolute Gasteiger partial charge is 0.284 e. The summed E-state index contributed by atoms with van der Waals surface area (Å²) in [5, 5.41) is 8.35. The maximum absolute atomic E-state index is 13.3. The largest absolute Gasteiger partial charge is 0.459 e. The number of rotatable bonds is 5. The van der Waals surface area contributed by atoms with Crippen LogP contribution in [0.4, 0.5) is 5.69 Å². The van der Waals surface area contributed by atoms with E-state index in [9.17, 15) is 4.79 Å². The molecule has 0 spiro atoms. The van der Waals surface area contributed by atoms with Crippen molar-refractivity contribution in [3.63, 3.8) is 0 Å². The normalized spacial score (nSPS) is 15.7. The molecule has 30 heavy (non-hydrogen) atoms. The Bertz CT molecular complexity index is 1150. The highest BCUT2D eigenvalue weighted by Gasteiger charge is 2.32. The number of para-hydroxylation sites is 1. The number of hydrogen-bond acceptors (Lipinski definition) is 7. The minimum Gasteiger partial charge on any atom is -0.459 e. The van der Waals surface area contributed by atoms with Gasteiger partial charge in [0.2, 0.25) is 5.91 Å². The van der Waals surface area contributed by atoms with Crippen molar-refractivity contribution in [2.45, 2.75) is 16.2 Å². The molecule has 0 fully saturated rings. The molecule has 1 aliphatic rings. The quantitative estimate of drug-likeness (QED) is 0.394. The molecule has 2 aromatic carbocycles. The summed E-state index contributed by atoms with van der Waals surface area (Å²) in [5.41, 5.74) is 2.06. The fraction of sp³-hybridized carbons (Fsp3) is 0.136. The van der Waals surface area contributed by atoms with E-state index >= 15 is 0 Å². The second-order valence-corrected chi connectivity index (χ2v) is 8.60. The average Bonchev–Trinajstić information content (AvgIpc) is 3.49. The Morgan fingerprint density at radius 2 is 1.90 bits per heavy atom. The lowest BCUT2D eigenvalue weighted by atomic mass is 10.1. The number of hydrogen-bond donors (Lipinski definition) is 0. The number of amides is 1. The summed E-state index contributed by atoms with van der Waals surface area (Å²) in [5.74, 6) is 1.81. The summed E-state index contributed by atoms with van der Waals surface area (Å²) >= 11 is 3.01. The third-order valence-corrected chi connectivity index (χ3v) is 6.69. The van der Waals surface area contributed by atoms with E-state index in [2.05, 4.69) is 28.4 Å². The third-order valence-electron chi connectivity index (χ3n) is 4.74. The molecule has 0 aliphatic carbocycles. The number of nitrogens with zero attached hydrogens (tertiary/aromatic N) is 3. The van der Waals surface area contributed by atoms with Gasteiger partial charge >= 0.3 is 0 Å². The summed E-state index contributed by atoms with van der Waals surface area (Å²) in [4.78, 5) is 16.4. The topological polar surface area (TPSA) is 72.4 Å². The molecule has 150 valence electrons. The highest BCUT2D eigenvalue weighted by atomic mass is 32.2. The average molecular weight is 436 g/mol. The van der Waals surface area contributed by atoms with Gasteiger partial charge in [-0.1, -0.05) is 54.2 Å². The Hall–Kier alpha value is -2.97. The van der Waals surface area contributed by atoms with E-state index in [4.69, 9.17) is 8.83 Å². The van der Waals surface area contributed by atoms with Gasteiger partial charge in [-0.15, -0.1) is 22.0 Å². The van der Waals surface area contributed by atoms with Crippen LogP contribution in [0.15, 0.2) is 91.9 Å². The monoisotopic (exact) mass is 435 g/mol. The van der Waals surface area contributed by atoms with Gasteiger partial charge in [0.25, 0.3) is 11.1 Å². The van der Waals surface area contributed by atoms with Gasteiger partial charge in [0.15, 0.2) is 5.76 Å². The van der Waals surface area contributed by atoms with Gasteiger partial charge in [-0.2, -0.15) is 0 Å². The van der Waals surface area contributed by atoms with Crippen molar-refractivity contribution >= 4 is 35.1 Å². The van der Waals surface area contributed by atoms with Crippen LogP contribution in [0.3, 0.4) is 0 Å². The maximum atomic E-state index is 13.3. The zero-order chi connectivity index (χ0) is 20.3. The Morgan fingerprint density at radius 3 is 2.73 bits per heavy atom. The van der Waals surface area contributed by atoms with Gasteiger partial charge in [-0.25, -0.2) is 0 Å². The van der Waals surface area contributed by atoms with Gasteiger partial charge in [0, 0.05) is 10.6 Å². The summed E-state index contributed by atoms with van der Waals surface area (Å²) in [6.45, 7) is 0. The van der Waals surface area contributed by atoms with Crippen LogP contribution < -0.4 is 4.90 Å². The van der Waals surface area contributed by atoms with E-state index in [1.54, 1.807) is 30.2 Å². The number of aromatic nitrogens is 2. The van der Waals surface area contributed by atoms with E-state index in [1.807, 2.05) is 41.3 Å². The van der Waals surface area contributed by atoms with Crippen molar-refractivity contribution in [2.24, 2.45) is 0 Å². The van der Waals surface area contributed by atoms with Gasteiger partial charge in [0.05, 0.1) is 23.7 Å². The van der Waals surface area contributed by atoms with Crippen LogP contribution in [0.2, 0.25) is 0 Å². The minimum absolute atomic E-state index is 0.000600. The van der Waals surface area contributed by atoms with Crippen LogP contribution in [0.25, 0.3) is 11.7 Å². The molecule has 1 atom stereocenters. The number of anilines is 1. The Labute approximate surface area is 181 Å². The molecular formula is C22H17N3O3S2. The van der Waals surface area contributed by atoms with E-state index in [-0.39, 0.29) is 17.7 Å². The number of benzene rings is 2. The fourth-order valence-electron chi connectivity index (χ4n) is 3.38. The zero-order valence-electron chi connectivity index (χ0n) is 15.8. The highest BCUT2D eigenvalue weighted by molar-refractivity contribution is 8.00. The van der Waals surface area contributed by atoms with Gasteiger partial charge < -0.3 is 13.7 Å². The van der Waals surface area contributed by atoms with Crippen LogP contribution in [0, 0.1) is 0 Å². The van der Waals surface area contributed by atoms with Crippen LogP contribution >= 0.6 is 23.5 Å². The van der Waals surface area contributed by atoms with Crippen molar-refractivity contribution in [3.05, 3.63) is 78.6 Å². The Balaban J connectivity index is 1.38. The molecule has 0 N–H and O–H groups in total. The molecule has 1 aliphatic heterocycles. The predicted molar refractivity (Wildman–Crippen MR) is 117 cm³/mol. The first kappa shape index (κ1) is 19.0. The first-order valence-corrected chi connectivity index (χ1v) is 11.4. The Kier molecular flexibility index (Phi) is 5.33. The summed E-state index contributed by atoms with van der Waals surface area (Å²) in [6.07, 6.45) is 1.55. The SMILES string of the molecule is O=C(CSc1nnc(-c2ccco2)o1)N1c2ccccc2SC[C@@H]1c1ccccc1. The van der Waals surface area contributed by atoms with Gasteiger partial charge in [-0.05, 0) is 29.8 Å². The van der Waals surface area contributed by atoms with Crippen molar-refractivity contribution in [3.8, 4) is 11.7 Å². The van der Waals surface area contributed by atoms with Crippen LogP contribution in [-0.2, 0) is 4.79 Å². The third kappa shape index (κ3) is 3.76. The lowest BCUT2D eigenvalue weighted by molar-refractivity contribution is -0.116. The molecule has 0 unspecified atom stereocenters. The molecule has 0 saturated heterocycles. The number of carbonyl (C=O) groups excluding carboxylic acids is 1. The highest BCUT2D eigenvalue weighted by Crippen LogP contribution is 2.43. The molecule has 2 aromatic heterocycles. The molecule has 0 radical (unpaired) electrons. The number of thioether (sulfide) groups is 2. The molecule has 3 heterocycles. The molecule has 0 bridgehead atoms. The second kappa shape index (κ2) is 8.41. The van der Waals surface area contributed by atoms with Crippen LogP contribution in [-0.4, -0.2) is 27.6 Å². The van der Waals surface area contributed by atoms with Gasteiger partial charge in [0.1, 0.15) is 0 Å². The molecule has 4 aromatic rings. The first-order valence-electron chi connectivity index (χ1n) is 9.38.